The van der Waals surface area contributed by atoms with E-state index in [-0.39, 0.29) is 42.2 Å². The Morgan fingerprint density at radius 3 is 2.30 bits per heavy atom. The molecule has 0 spiro atoms. The molecule has 2 atom stereocenters. The second-order valence-electron chi connectivity index (χ2n) is 12.8. The lowest BCUT2D eigenvalue weighted by molar-refractivity contribution is -0.137. The minimum atomic E-state index is -4.70. The first-order valence-corrected chi connectivity index (χ1v) is 16.3. The van der Waals surface area contributed by atoms with Crippen LogP contribution in [0.3, 0.4) is 0 Å². The molecule has 258 valence electrons. The highest BCUT2D eigenvalue weighted by atomic mass is 19.4. The summed E-state index contributed by atoms with van der Waals surface area (Å²) in [7, 11) is 5.54. The number of ether oxygens (including phenoxy) is 1. The fourth-order valence-electron chi connectivity index (χ4n) is 6.35. The summed E-state index contributed by atoms with van der Waals surface area (Å²) in [5, 5.41) is 12.1. The number of halogens is 3. The third kappa shape index (κ3) is 9.45. The maximum atomic E-state index is 14.1. The van der Waals surface area contributed by atoms with Crippen LogP contribution in [0.1, 0.15) is 54.4 Å². The van der Waals surface area contributed by atoms with Crippen LogP contribution in [0.25, 0.3) is 0 Å². The standard InChI is InChI=1S/C32H46F3N9O3/c1-42-12-10-22(11-13-42)37-30(46)21-8-9-26(27(18-21)47-3)40-31-36-19-23(32(33,34)35)29(41-31)39-25-7-5-4-6-24(25)38-28(45)20-44-16-14-43(2)15-17-44/h8-9,18-19,22,24-25H,4-7,10-17,20H2,1-3H3,(H,37,46)(H,38,45)(H2,36,39,40,41). The number of piperidine rings is 1. The summed E-state index contributed by atoms with van der Waals surface area (Å²) in [6.07, 6.45) is 0.697. The molecule has 2 amide bonds. The highest BCUT2D eigenvalue weighted by Crippen LogP contribution is 2.36. The highest BCUT2D eigenvalue weighted by molar-refractivity contribution is 5.95. The molecular weight excluding hydrogens is 615 g/mol. The van der Waals surface area contributed by atoms with Crippen molar-refractivity contribution in [3.8, 4) is 5.75 Å². The third-order valence-corrected chi connectivity index (χ3v) is 9.26. The number of aromatic nitrogens is 2. The van der Waals surface area contributed by atoms with Crippen LogP contribution in [0.15, 0.2) is 24.4 Å². The van der Waals surface area contributed by atoms with Crippen molar-refractivity contribution in [1.29, 1.82) is 0 Å². The largest absolute Gasteiger partial charge is 0.495 e. The van der Waals surface area contributed by atoms with Crippen molar-refractivity contribution in [1.82, 2.24) is 35.3 Å². The Balaban J connectivity index is 1.28. The van der Waals surface area contributed by atoms with E-state index in [2.05, 4.69) is 53.0 Å². The van der Waals surface area contributed by atoms with Crippen molar-refractivity contribution < 1.29 is 27.5 Å². The van der Waals surface area contributed by atoms with Gasteiger partial charge in [0, 0.05) is 56.1 Å². The van der Waals surface area contributed by atoms with Gasteiger partial charge < -0.3 is 35.8 Å². The first kappa shape index (κ1) is 34.6. The summed E-state index contributed by atoms with van der Waals surface area (Å²) in [4.78, 5) is 40.6. The van der Waals surface area contributed by atoms with Gasteiger partial charge in [-0.05, 0) is 71.1 Å². The van der Waals surface area contributed by atoms with Crippen molar-refractivity contribution >= 4 is 29.3 Å². The third-order valence-electron chi connectivity index (χ3n) is 9.26. The van der Waals surface area contributed by atoms with E-state index in [9.17, 15) is 22.8 Å². The number of likely N-dealkylation sites (N-methyl/N-ethyl adjacent to an activating group) is 1. The molecule has 47 heavy (non-hydrogen) atoms. The number of alkyl halides is 3. The Hall–Kier alpha value is -3.69. The minimum absolute atomic E-state index is 0.0752. The zero-order chi connectivity index (χ0) is 33.6. The maximum absolute atomic E-state index is 14.1. The van der Waals surface area contributed by atoms with Gasteiger partial charge in [0.15, 0.2) is 0 Å². The predicted molar refractivity (Wildman–Crippen MR) is 173 cm³/mol. The van der Waals surface area contributed by atoms with E-state index in [0.29, 0.717) is 29.8 Å². The molecule has 0 bridgehead atoms. The SMILES string of the molecule is COc1cc(C(=O)NC2CCN(C)CC2)ccc1Nc1ncc(C(F)(F)F)c(NC2CCCCC2NC(=O)CN2CCN(C)CC2)n1. The van der Waals surface area contributed by atoms with Crippen LogP contribution in [0.4, 0.5) is 30.6 Å². The van der Waals surface area contributed by atoms with Gasteiger partial charge in [-0.1, -0.05) is 12.8 Å². The lowest BCUT2D eigenvalue weighted by Crippen LogP contribution is -2.53. The van der Waals surface area contributed by atoms with E-state index in [1.807, 2.05) is 7.05 Å². The molecule has 1 aromatic carbocycles. The molecule has 3 aliphatic rings. The molecule has 2 aromatic rings. The van der Waals surface area contributed by atoms with Crippen molar-refractivity contribution in [2.75, 3.05) is 77.7 Å². The molecule has 4 N–H and O–H groups in total. The molecule has 0 radical (unpaired) electrons. The van der Waals surface area contributed by atoms with E-state index in [1.54, 1.807) is 18.2 Å². The molecule has 2 saturated heterocycles. The molecule has 15 heteroatoms. The minimum Gasteiger partial charge on any atom is -0.495 e. The van der Waals surface area contributed by atoms with E-state index >= 15 is 0 Å². The van der Waals surface area contributed by atoms with Gasteiger partial charge in [0.05, 0.1) is 19.3 Å². The van der Waals surface area contributed by atoms with Crippen molar-refractivity contribution in [2.45, 2.75) is 62.8 Å². The van der Waals surface area contributed by atoms with Crippen molar-refractivity contribution in [3.63, 3.8) is 0 Å². The molecule has 3 fully saturated rings. The molecule has 5 rings (SSSR count). The number of rotatable bonds is 10. The number of nitrogens with zero attached hydrogens (tertiary/aromatic N) is 5. The Morgan fingerprint density at radius 1 is 0.936 bits per heavy atom. The lowest BCUT2D eigenvalue weighted by atomic mass is 9.90. The summed E-state index contributed by atoms with van der Waals surface area (Å²) >= 11 is 0. The van der Waals surface area contributed by atoms with Gasteiger partial charge in [0.1, 0.15) is 17.1 Å². The first-order chi connectivity index (χ1) is 22.5. The number of nitrogens with one attached hydrogen (secondary N) is 4. The van der Waals surface area contributed by atoms with Crippen LogP contribution >= 0.6 is 0 Å². The monoisotopic (exact) mass is 661 g/mol. The summed E-state index contributed by atoms with van der Waals surface area (Å²) < 4.78 is 47.8. The van der Waals surface area contributed by atoms with Crippen LogP contribution in [-0.4, -0.2) is 122 Å². The van der Waals surface area contributed by atoms with Crippen molar-refractivity contribution in [2.24, 2.45) is 0 Å². The molecular formula is C32H46F3N9O3. The molecule has 2 unspecified atom stereocenters. The van der Waals surface area contributed by atoms with Gasteiger partial charge in [-0.15, -0.1) is 0 Å². The fourth-order valence-corrected chi connectivity index (χ4v) is 6.35. The number of hydrogen-bond acceptors (Lipinski definition) is 10. The van der Waals surface area contributed by atoms with Gasteiger partial charge >= 0.3 is 6.18 Å². The van der Waals surface area contributed by atoms with Gasteiger partial charge in [-0.2, -0.15) is 18.2 Å². The quantitative estimate of drug-likeness (QED) is 0.302. The number of amides is 2. The Morgan fingerprint density at radius 2 is 1.62 bits per heavy atom. The number of anilines is 3. The van der Waals surface area contributed by atoms with E-state index < -0.39 is 17.8 Å². The van der Waals surface area contributed by atoms with Crippen LogP contribution < -0.4 is 26.0 Å². The number of carbonyl (C=O) groups excluding carboxylic acids is 2. The Kier molecular flexibility index (Phi) is 11.4. The summed E-state index contributed by atoms with van der Waals surface area (Å²) in [5.41, 5.74) is -0.204. The van der Waals surface area contributed by atoms with E-state index in [1.165, 1.54) is 7.11 Å². The second-order valence-corrected chi connectivity index (χ2v) is 12.8. The number of hydrogen-bond donors (Lipinski definition) is 4. The van der Waals surface area contributed by atoms with Gasteiger partial charge in [0.2, 0.25) is 11.9 Å². The molecule has 1 saturated carbocycles. The Bertz CT molecular complexity index is 1380. The topological polar surface area (TPSA) is 127 Å². The number of likely N-dealkylation sites (tertiary alicyclic amines) is 1. The number of piperazine rings is 1. The molecule has 3 heterocycles. The van der Waals surface area contributed by atoms with Gasteiger partial charge in [0.25, 0.3) is 5.91 Å². The van der Waals surface area contributed by atoms with Crippen LogP contribution in [0.5, 0.6) is 5.75 Å². The summed E-state index contributed by atoms with van der Waals surface area (Å²) in [6.45, 7) is 5.43. The van der Waals surface area contributed by atoms with Gasteiger partial charge in [-0.25, -0.2) is 4.98 Å². The fraction of sp³-hybridized carbons (Fsp3) is 0.625. The number of methoxy groups -OCH3 is 1. The van der Waals surface area contributed by atoms with Crippen LogP contribution in [0.2, 0.25) is 0 Å². The summed E-state index contributed by atoms with van der Waals surface area (Å²) in [5.74, 6) is -0.485. The zero-order valence-electron chi connectivity index (χ0n) is 27.3. The molecule has 1 aromatic heterocycles. The zero-order valence-corrected chi connectivity index (χ0v) is 27.3. The smallest absolute Gasteiger partial charge is 0.421 e. The first-order valence-electron chi connectivity index (χ1n) is 16.3. The molecule has 2 aliphatic heterocycles. The van der Waals surface area contributed by atoms with E-state index in [0.717, 1.165) is 71.1 Å². The van der Waals surface area contributed by atoms with E-state index in [4.69, 9.17) is 4.74 Å². The highest BCUT2D eigenvalue weighted by Gasteiger charge is 2.37. The number of carbonyl (C=O) groups is 2. The van der Waals surface area contributed by atoms with Crippen molar-refractivity contribution in [3.05, 3.63) is 35.5 Å². The Labute approximate surface area is 273 Å². The maximum Gasteiger partial charge on any atom is 0.421 e. The summed E-state index contributed by atoms with van der Waals surface area (Å²) in [6, 6.07) is 4.11. The molecule has 1 aliphatic carbocycles. The normalized spacial score (nSPS) is 22.0. The van der Waals surface area contributed by atoms with Crippen LogP contribution in [-0.2, 0) is 11.0 Å². The molecule has 12 nitrogen and oxygen atoms in total. The van der Waals surface area contributed by atoms with Crippen LogP contribution in [0, 0.1) is 0 Å². The second kappa shape index (κ2) is 15.5. The number of benzene rings is 1. The van der Waals surface area contributed by atoms with Gasteiger partial charge in [-0.3, -0.25) is 14.5 Å². The average molecular weight is 662 g/mol. The average Bonchev–Trinajstić information content (AvgIpc) is 3.04. The predicted octanol–water partition coefficient (Wildman–Crippen LogP) is 3.16. The lowest BCUT2D eigenvalue weighted by Gasteiger charge is -2.35.